The van der Waals surface area contributed by atoms with Crippen molar-refractivity contribution in [2.45, 2.75) is 27.2 Å². The van der Waals surface area contributed by atoms with E-state index in [1.807, 2.05) is 26.8 Å². The lowest BCUT2D eigenvalue weighted by atomic mass is 9.98. The van der Waals surface area contributed by atoms with E-state index < -0.39 is 0 Å². The summed E-state index contributed by atoms with van der Waals surface area (Å²) in [7, 11) is 0. The first-order valence-corrected chi connectivity index (χ1v) is 3.86. The van der Waals surface area contributed by atoms with Gasteiger partial charge in [0.25, 0.3) is 0 Å². The number of allylic oxidation sites excluding steroid dienone is 1. The van der Waals surface area contributed by atoms with Crippen LogP contribution >= 0.6 is 0 Å². The highest BCUT2D eigenvalue weighted by atomic mass is 16.6. The SMILES string of the molecule is CC=C(C)[C@H](CC)C[N+](=O)[O-]. The van der Waals surface area contributed by atoms with Crippen LogP contribution in [0, 0.1) is 16.0 Å². The summed E-state index contributed by atoms with van der Waals surface area (Å²) in [6, 6.07) is 0. The Hall–Kier alpha value is -0.860. The molecule has 0 aromatic carbocycles. The molecule has 0 saturated heterocycles. The van der Waals surface area contributed by atoms with Crippen LogP contribution in [0.2, 0.25) is 0 Å². The number of hydrogen-bond acceptors (Lipinski definition) is 2. The molecule has 0 aliphatic heterocycles. The van der Waals surface area contributed by atoms with E-state index in [1.165, 1.54) is 0 Å². The number of nitrogens with zero attached hydrogens (tertiary/aromatic N) is 1. The summed E-state index contributed by atoms with van der Waals surface area (Å²) < 4.78 is 0. The van der Waals surface area contributed by atoms with Gasteiger partial charge in [-0.15, -0.1) is 0 Å². The molecule has 0 saturated carbocycles. The molecule has 0 rings (SSSR count). The van der Waals surface area contributed by atoms with E-state index in [0.717, 1.165) is 12.0 Å². The van der Waals surface area contributed by atoms with Crippen LogP contribution in [0.5, 0.6) is 0 Å². The fourth-order valence-corrected chi connectivity index (χ4v) is 1.01. The van der Waals surface area contributed by atoms with Gasteiger partial charge in [-0.2, -0.15) is 0 Å². The largest absolute Gasteiger partial charge is 0.265 e. The topological polar surface area (TPSA) is 43.1 Å². The van der Waals surface area contributed by atoms with Gasteiger partial charge in [0.1, 0.15) is 0 Å². The van der Waals surface area contributed by atoms with E-state index in [1.54, 1.807) is 0 Å². The maximum Gasteiger partial charge on any atom is 0.210 e. The quantitative estimate of drug-likeness (QED) is 0.357. The van der Waals surface area contributed by atoms with Crippen molar-refractivity contribution in [3.8, 4) is 0 Å². The zero-order valence-corrected chi connectivity index (χ0v) is 7.33. The lowest BCUT2D eigenvalue weighted by molar-refractivity contribution is -0.486. The first-order chi connectivity index (χ1) is 5.11. The van der Waals surface area contributed by atoms with Crippen molar-refractivity contribution in [1.82, 2.24) is 0 Å². The van der Waals surface area contributed by atoms with Gasteiger partial charge in [-0.05, 0) is 20.3 Å². The second kappa shape index (κ2) is 4.88. The Morgan fingerprint density at radius 2 is 2.27 bits per heavy atom. The van der Waals surface area contributed by atoms with Crippen molar-refractivity contribution < 1.29 is 4.92 Å². The van der Waals surface area contributed by atoms with Crippen LogP contribution in [0.15, 0.2) is 11.6 Å². The number of nitro groups is 1. The molecule has 0 fully saturated rings. The Morgan fingerprint density at radius 3 is 2.55 bits per heavy atom. The lowest BCUT2D eigenvalue weighted by Crippen LogP contribution is -2.14. The van der Waals surface area contributed by atoms with Crippen LogP contribution in [0.4, 0.5) is 0 Å². The average Bonchev–Trinajstić information content (AvgIpc) is 1.98. The molecule has 0 heterocycles. The van der Waals surface area contributed by atoms with E-state index in [0.29, 0.717) is 0 Å². The molecule has 0 N–H and O–H groups in total. The van der Waals surface area contributed by atoms with Gasteiger partial charge < -0.3 is 0 Å². The first-order valence-electron chi connectivity index (χ1n) is 3.86. The monoisotopic (exact) mass is 157 g/mol. The van der Waals surface area contributed by atoms with E-state index in [4.69, 9.17) is 0 Å². The molecule has 3 heteroatoms. The normalized spacial score (nSPS) is 14.6. The molecular weight excluding hydrogens is 142 g/mol. The van der Waals surface area contributed by atoms with Crippen LogP contribution in [0.25, 0.3) is 0 Å². The van der Waals surface area contributed by atoms with Crippen LogP contribution in [-0.4, -0.2) is 11.5 Å². The Kier molecular flexibility index (Phi) is 4.50. The van der Waals surface area contributed by atoms with Crippen LogP contribution in [0.3, 0.4) is 0 Å². The molecular formula is C8H15NO2. The minimum Gasteiger partial charge on any atom is -0.265 e. The van der Waals surface area contributed by atoms with Gasteiger partial charge in [-0.25, -0.2) is 0 Å². The third-order valence-electron chi connectivity index (χ3n) is 1.96. The summed E-state index contributed by atoms with van der Waals surface area (Å²) in [5.74, 6) is 0.120. The Labute approximate surface area is 67.3 Å². The maximum absolute atomic E-state index is 10.2. The van der Waals surface area contributed by atoms with Crippen molar-refractivity contribution in [1.29, 1.82) is 0 Å². The zero-order chi connectivity index (χ0) is 8.85. The Morgan fingerprint density at radius 1 is 1.73 bits per heavy atom. The minimum atomic E-state index is -0.249. The summed E-state index contributed by atoms with van der Waals surface area (Å²) in [6.07, 6.45) is 2.79. The standard InChI is InChI=1S/C8H15NO2/c1-4-7(3)8(5-2)6-9(10)11/h4,8H,5-6H2,1-3H3/t8-/m1/s1. The molecule has 0 bridgehead atoms. The summed E-state index contributed by atoms with van der Waals surface area (Å²) in [4.78, 5) is 9.92. The maximum atomic E-state index is 10.2. The van der Waals surface area contributed by atoms with E-state index in [2.05, 4.69) is 0 Å². The Bertz CT molecular complexity index is 163. The summed E-state index contributed by atoms with van der Waals surface area (Å²) in [5.41, 5.74) is 1.12. The number of rotatable bonds is 4. The summed E-state index contributed by atoms with van der Waals surface area (Å²) >= 11 is 0. The third kappa shape index (κ3) is 3.75. The van der Waals surface area contributed by atoms with Crippen LogP contribution in [-0.2, 0) is 0 Å². The van der Waals surface area contributed by atoms with Gasteiger partial charge in [0.15, 0.2) is 0 Å². The molecule has 0 spiro atoms. The van der Waals surface area contributed by atoms with E-state index >= 15 is 0 Å². The van der Waals surface area contributed by atoms with Gasteiger partial charge in [-0.1, -0.05) is 18.6 Å². The van der Waals surface area contributed by atoms with E-state index in [9.17, 15) is 10.1 Å². The fourth-order valence-electron chi connectivity index (χ4n) is 1.01. The van der Waals surface area contributed by atoms with Gasteiger partial charge in [-0.3, -0.25) is 10.1 Å². The second-order valence-corrected chi connectivity index (χ2v) is 2.65. The summed E-state index contributed by atoms with van der Waals surface area (Å²) in [6.45, 7) is 5.89. The highest BCUT2D eigenvalue weighted by molar-refractivity contribution is 5.01. The smallest absolute Gasteiger partial charge is 0.210 e. The summed E-state index contributed by atoms with van der Waals surface area (Å²) in [5, 5.41) is 10.2. The molecule has 0 aliphatic rings. The van der Waals surface area contributed by atoms with Crippen LogP contribution < -0.4 is 0 Å². The van der Waals surface area contributed by atoms with Gasteiger partial charge in [0.2, 0.25) is 6.54 Å². The molecule has 0 radical (unpaired) electrons. The van der Waals surface area contributed by atoms with Gasteiger partial charge in [0, 0.05) is 10.8 Å². The highest BCUT2D eigenvalue weighted by Gasteiger charge is 2.13. The molecule has 11 heavy (non-hydrogen) atoms. The molecule has 0 unspecified atom stereocenters. The molecule has 0 aromatic heterocycles. The van der Waals surface area contributed by atoms with Gasteiger partial charge in [0.05, 0.1) is 0 Å². The first kappa shape index (κ1) is 10.1. The predicted molar refractivity (Wildman–Crippen MR) is 45.1 cm³/mol. The predicted octanol–water partition coefficient (Wildman–Crippen LogP) is 2.26. The molecule has 3 nitrogen and oxygen atoms in total. The molecule has 0 aromatic rings. The zero-order valence-electron chi connectivity index (χ0n) is 7.33. The molecule has 0 aliphatic carbocycles. The lowest BCUT2D eigenvalue weighted by Gasteiger charge is -2.09. The minimum absolute atomic E-state index is 0.0622. The Balaban J connectivity index is 4.06. The molecule has 64 valence electrons. The fraction of sp³-hybridized carbons (Fsp3) is 0.750. The van der Waals surface area contributed by atoms with Gasteiger partial charge >= 0.3 is 0 Å². The van der Waals surface area contributed by atoms with Crippen molar-refractivity contribution in [3.05, 3.63) is 21.8 Å². The van der Waals surface area contributed by atoms with Crippen molar-refractivity contribution in [2.24, 2.45) is 5.92 Å². The molecule has 1 atom stereocenters. The van der Waals surface area contributed by atoms with Crippen molar-refractivity contribution >= 4 is 0 Å². The van der Waals surface area contributed by atoms with Crippen molar-refractivity contribution in [3.63, 3.8) is 0 Å². The van der Waals surface area contributed by atoms with E-state index in [-0.39, 0.29) is 17.4 Å². The van der Waals surface area contributed by atoms with Crippen molar-refractivity contribution in [2.75, 3.05) is 6.54 Å². The van der Waals surface area contributed by atoms with Crippen LogP contribution in [0.1, 0.15) is 27.2 Å². The number of hydrogen-bond donors (Lipinski definition) is 0. The average molecular weight is 157 g/mol. The highest BCUT2D eigenvalue weighted by Crippen LogP contribution is 2.13. The molecule has 0 amide bonds. The second-order valence-electron chi connectivity index (χ2n) is 2.65. The third-order valence-corrected chi connectivity index (χ3v) is 1.96.